The Labute approximate surface area is 178 Å². The van der Waals surface area contributed by atoms with Crippen LogP contribution in [0.25, 0.3) is 11.3 Å². The van der Waals surface area contributed by atoms with E-state index in [9.17, 15) is 8.42 Å². The van der Waals surface area contributed by atoms with Gasteiger partial charge in [0.15, 0.2) is 0 Å². The fraction of sp³-hybridized carbons (Fsp3) is 0.273. The van der Waals surface area contributed by atoms with Crippen LogP contribution in [0.3, 0.4) is 0 Å². The summed E-state index contributed by atoms with van der Waals surface area (Å²) in [4.78, 5) is 11.1. The van der Waals surface area contributed by atoms with Gasteiger partial charge in [0.1, 0.15) is 12.1 Å². The fourth-order valence-electron chi connectivity index (χ4n) is 3.24. The second-order valence-electron chi connectivity index (χ2n) is 7.08. The second kappa shape index (κ2) is 9.80. The standard InChI is InChI=1S/C22H27N5O2S/c1-3-27(4-2)14-17-7-5-9-19(11-17)21-13-22(25-16-24-21)26-20-10-6-8-18(12-20)15-30(23,28)29/h5-13,16H,3-4,14-15H2,1-2H3,(H2,23,28,29)(H,24,25,26). The zero-order valence-electron chi connectivity index (χ0n) is 17.2. The minimum absolute atomic E-state index is 0.211. The van der Waals surface area contributed by atoms with Crippen molar-refractivity contribution in [2.45, 2.75) is 26.1 Å². The molecule has 0 unspecified atom stereocenters. The number of primary sulfonamides is 1. The molecule has 0 saturated carbocycles. The molecule has 3 aromatic rings. The maximum Gasteiger partial charge on any atom is 0.213 e. The van der Waals surface area contributed by atoms with Crippen molar-refractivity contribution >= 4 is 21.5 Å². The number of nitrogens with one attached hydrogen (secondary N) is 1. The highest BCUT2D eigenvalue weighted by atomic mass is 32.2. The molecule has 0 radical (unpaired) electrons. The van der Waals surface area contributed by atoms with Gasteiger partial charge in [0, 0.05) is 23.9 Å². The summed E-state index contributed by atoms with van der Waals surface area (Å²) >= 11 is 0. The average Bonchev–Trinajstić information content (AvgIpc) is 2.71. The highest BCUT2D eigenvalue weighted by molar-refractivity contribution is 7.88. The van der Waals surface area contributed by atoms with E-state index in [0.29, 0.717) is 11.4 Å². The van der Waals surface area contributed by atoms with E-state index in [1.54, 1.807) is 18.2 Å². The van der Waals surface area contributed by atoms with Crippen LogP contribution in [0.15, 0.2) is 60.9 Å². The van der Waals surface area contributed by atoms with Gasteiger partial charge in [0.05, 0.1) is 11.4 Å². The van der Waals surface area contributed by atoms with Crippen LogP contribution < -0.4 is 10.5 Å². The maximum atomic E-state index is 11.3. The average molecular weight is 426 g/mol. The highest BCUT2D eigenvalue weighted by Gasteiger charge is 2.08. The number of rotatable bonds is 9. The van der Waals surface area contributed by atoms with E-state index < -0.39 is 10.0 Å². The molecule has 0 aliphatic carbocycles. The molecule has 1 heterocycles. The minimum Gasteiger partial charge on any atom is -0.340 e. The van der Waals surface area contributed by atoms with Gasteiger partial charge in [-0.1, -0.05) is 44.2 Å². The first-order chi connectivity index (χ1) is 14.4. The van der Waals surface area contributed by atoms with Crippen molar-refractivity contribution in [3.05, 3.63) is 72.1 Å². The molecule has 30 heavy (non-hydrogen) atoms. The van der Waals surface area contributed by atoms with Gasteiger partial charge in [-0.25, -0.2) is 23.5 Å². The molecule has 0 atom stereocenters. The monoisotopic (exact) mass is 425 g/mol. The Morgan fingerprint density at radius 3 is 2.43 bits per heavy atom. The van der Waals surface area contributed by atoms with Gasteiger partial charge in [0.25, 0.3) is 0 Å². The van der Waals surface area contributed by atoms with E-state index in [2.05, 4.69) is 46.2 Å². The van der Waals surface area contributed by atoms with Crippen molar-refractivity contribution < 1.29 is 8.42 Å². The third-order valence-corrected chi connectivity index (χ3v) is 5.49. The summed E-state index contributed by atoms with van der Waals surface area (Å²) in [5.74, 6) is 0.415. The van der Waals surface area contributed by atoms with Gasteiger partial charge in [-0.15, -0.1) is 0 Å². The van der Waals surface area contributed by atoms with E-state index in [1.165, 1.54) is 11.9 Å². The van der Waals surface area contributed by atoms with E-state index in [4.69, 9.17) is 5.14 Å². The van der Waals surface area contributed by atoms with Crippen molar-refractivity contribution in [2.24, 2.45) is 5.14 Å². The number of benzene rings is 2. The normalized spacial score (nSPS) is 11.6. The number of hydrogen-bond acceptors (Lipinski definition) is 6. The number of anilines is 2. The van der Waals surface area contributed by atoms with Crippen LogP contribution in [0, 0.1) is 0 Å². The molecule has 158 valence electrons. The largest absolute Gasteiger partial charge is 0.340 e. The Hall–Kier alpha value is -2.81. The Morgan fingerprint density at radius 2 is 1.70 bits per heavy atom. The molecular weight excluding hydrogens is 398 g/mol. The molecule has 0 aliphatic rings. The van der Waals surface area contributed by atoms with Gasteiger partial charge in [-0.3, -0.25) is 4.90 Å². The predicted molar refractivity (Wildman–Crippen MR) is 121 cm³/mol. The molecule has 0 bridgehead atoms. The summed E-state index contributed by atoms with van der Waals surface area (Å²) in [5, 5.41) is 8.35. The van der Waals surface area contributed by atoms with Crippen LogP contribution in [-0.2, 0) is 22.3 Å². The van der Waals surface area contributed by atoms with Gasteiger partial charge in [-0.05, 0) is 42.4 Å². The molecule has 3 rings (SSSR count). The van der Waals surface area contributed by atoms with Crippen LogP contribution in [0.1, 0.15) is 25.0 Å². The lowest BCUT2D eigenvalue weighted by molar-refractivity contribution is 0.296. The van der Waals surface area contributed by atoms with Gasteiger partial charge in [0.2, 0.25) is 10.0 Å². The SMILES string of the molecule is CCN(CC)Cc1cccc(-c2cc(Nc3cccc(CS(N)(=O)=O)c3)ncn2)c1. The van der Waals surface area contributed by atoms with E-state index in [1.807, 2.05) is 24.3 Å². The summed E-state index contributed by atoms with van der Waals surface area (Å²) in [6, 6.07) is 17.3. The summed E-state index contributed by atoms with van der Waals surface area (Å²) < 4.78 is 22.7. The second-order valence-corrected chi connectivity index (χ2v) is 8.70. The molecule has 0 spiro atoms. The Balaban J connectivity index is 1.80. The summed E-state index contributed by atoms with van der Waals surface area (Å²) in [7, 11) is -3.58. The molecule has 1 aromatic heterocycles. The Morgan fingerprint density at radius 1 is 0.967 bits per heavy atom. The molecule has 0 amide bonds. The van der Waals surface area contributed by atoms with Crippen molar-refractivity contribution in [1.29, 1.82) is 0 Å². The van der Waals surface area contributed by atoms with Gasteiger partial charge in [-0.2, -0.15) is 0 Å². The van der Waals surface area contributed by atoms with E-state index in [0.717, 1.165) is 36.6 Å². The molecule has 8 heteroatoms. The minimum atomic E-state index is -3.58. The maximum absolute atomic E-state index is 11.3. The van der Waals surface area contributed by atoms with Crippen LogP contribution in [0.4, 0.5) is 11.5 Å². The molecule has 7 nitrogen and oxygen atoms in total. The molecule has 0 aliphatic heterocycles. The van der Waals surface area contributed by atoms with Crippen molar-refractivity contribution in [3.8, 4) is 11.3 Å². The summed E-state index contributed by atoms with van der Waals surface area (Å²) in [5.41, 5.74) is 4.42. The summed E-state index contributed by atoms with van der Waals surface area (Å²) in [6.45, 7) is 7.23. The van der Waals surface area contributed by atoms with Crippen molar-refractivity contribution in [1.82, 2.24) is 14.9 Å². The fourth-order valence-corrected chi connectivity index (χ4v) is 3.88. The highest BCUT2D eigenvalue weighted by Crippen LogP contribution is 2.23. The van der Waals surface area contributed by atoms with Gasteiger partial charge >= 0.3 is 0 Å². The van der Waals surface area contributed by atoms with E-state index >= 15 is 0 Å². The van der Waals surface area contributed by atoms with Crippen LogP contribution in [-0.4, -0.2) is 36.4 Å². The Bertz CT molecular complexity index is 1100. The molecular formula is C22H27N5O2S. The number of nitrogens with zero attached hydrogens (tertiary/aromatic N) is 3. The predicted octanol–water partition coefficient (Wildman–Crippen LogP) is 3.52. The van der Waals surface area contributed by atoms with Crippen LogP contribution >= 0.6 is 0 Å². The first kappa shape index (κ1) is 21.9. The third kappa shape index (κ3) is 6.35. The molecule has 2 aromatic carbocycles. The van der Waals surface area contributed by atoms with Crippen molar-refractivity contribution in [3.63, 3.8) is 0 Å². The van der Waals surface area contributed by atoms with Crippen LogP contribution in [0.2, 0.25) is 0 Å². The van der Waals surface area contributed by atoms with Crippen LogP contribution in [0.5, 0.6) is 0 Å². The first-order valence-corrected chi connectivity index (χ1v) is 11.6. The molecule has 0 fully saturated rings. The zero-order chi connectivity index (χ0) is 21.6. The van der Waals surface area contributed by atoms with Gasteiger partial charge < -0.3 is 5.32 Å². The number of nitrogens with two attached hydrogens (primary N) is 1. The van der Waals surface area contributed by atoms with Crippen molar-refractivity contribution in [2.75, 3.05) is 18.4 Å². The third-order valence-electron chi connectivity index (χ3n) is 4.76. The number of aromatic nitrogens is 2. The first-order valence-electron chi connectivity index (χ1n) is 9.86. The lowest BCUT2D eigenvalue weighted by Crippen LogP contribution is -2.22. The quantitative estimate of drug-likeness (QED) is 0.544. The smallest absolute Gasteiger partial charge is 0.213 e. The lowest BCUT2D eigenvalue weighted by Gasteiger charge is -2.18. The zero-order valence-corrected chi connectivity index (χ0v) is 18.1. The summed E-state index contributed by atoms with van der Waals surface area (Å²) in [6.07, 6.45) is 1.52. The van der Waals surface area contributed by atoms with E-state index in [-0.39, 0.29) is 5.75 Å². The molecule has 0 saturated heterocycles. The number of sulfonamides is 1. The molecule has 3 N–H and O–H groups in total. The Kier molecular flexibility index (Phi) is 7.15. The number of hydrogen-bond donors (Lipinski definition) is 2. The lowest BCUT2D eigenvalue weighted by atomic mass is 10.1. The topological polar surface area (TPSA) is 101 Å².